The maximum atomic E-state index is 3.88. The van der Waals surface area contributed by atoms with Gasteiger partial charge in [-0.3, -0.25) is 0 Å². The van der Waals surface area contributed by atoms with E-state index >= 15 is 0 Å². The molecule has 4 aromatic carbocycles. The number of rotatable bonds is 1. The van der Waals surface area contributed by atoms with Crippen molar-refractivity contribution >= 4 is 59.1 Å². The van der Waals surface area contributed by atoms with Crippen molar-refractivity contribution in [1.82, 2.24) is 0 Å². The molecule has 5 aromatic rings. The molecule has 108 valence electrons. The second kappa shape index (κ2) is 4.68. The van der Waals surface area contributed by atoms with E-state index in [1.807, 2.05) is 17.4 Å². The zero-order valence-corrected chi connectivity index (χ0v) is 13.4. The van der Waals surface area contributed by atoms with Crippen LogP contribution < -0.4 is 0 Å². The predicted molar refractivity (Wildman–Crippen MR) is 104 cm³/mol. The van der Waals surface area contributed by atoms with Crippen LogP contribution in [-0.2, 0) is 0 Å². The highest BCUT2D eigenvalue weighted by Gasteiger charge is 2.10. The van der Waals surface area contributed by atoms with E-state index in [4.69, 9.17) is 0 Å². The molecule has 0 atom stereocenters. The van der Waals surface area contributed by atoms with Crippen LogP contribution in [0.5, 0.6) is 0 Å². The molecule has 23 heavy (non-hydrogen) atoms. The van der Waals surface area contributed by atoms with Gasteiger partial charge in [0.05, 0.1) is 0 Å². The third-order valence-corrected chi connectivity index (χ3v) is 5.74. The van der Waals surface area contributed by atoms with Gasteiger partial charge < -0.3 is 0 Å². The van der Waals surface area contributed by atoms with E-state index in [9.17, 15) is 0 Å². The van der Waals surface area contributed by atoms with Crippen molar-refractivity contribution in [2.75, 3.05) is 0 Å². The monoisotopic (exact) mass is 310 g/mol. The molecule has 1 aromatic heterocycles. The van der Waals surface area contributed by atoms with E-state index in [1.54, 1.807) is 0 Å². The summed E-state index contributed by atoms with van der Waals surface area (Å²) in [5, 5.41) is 8.03. The minimum Gasteiger partial charge on any atom is -0.135 e. The smallest absolute Gasteiger partial charge is 0.0361 e. The second-order valence-electron chi connectivity index (χ2n) is 5.88. The number of hydrogen-bond donors (Lipinski definition) is 0. The quantitative estimate of drug-likeness (QED) is 0.292. The van der Waals surface area contributed by atoms with Crippen molar-refractivity contribution in [3.05, 3.63) is 78.9 Å². The van der Waals surface area contributed by atoms with Crippen LogP contribution in [0.2, 0.25) is 0 Å². The molecule has 1 heteroatoms. The highest BCUT2D eigenvalue weighted by Crippen LogP contribution is 2.40. The van der Waals surface area contributed by atoms with E-state index in [1.165, 1.54) is 47.3 Å². The molecular formula is C22H14S. The Bertz CT molecular complexity index is 1220. The molecule has 0 aliphatic carbocycles. The van der Waals surface area contributed by atoms with E-state index in [0.29, 0.717) is 0 Å². The highest BCUT2D eigenvalue weighted by atomic mass is 32.1. The molecule has 0 unspecified atom stereocenters. The molecule has 0 fully saturated rings. The molecule has 0 bridgehead atoms. The molecule has 1 heterocycles. The molecule has 5 rings (SSSR count). The van der Waals surface area contributed by atoms with Crippen LogP contribution in [0.25, 0.3) is 47.8 Å². The summed E-state index contributed by atoms with van der Waals surface area (Å²) in [6.45, 7) is 3.88. The van der Waals surface area contributed by atoms with Gasteiger partial charge in [0, 0.05) is 20.2 Å². The lowest BCUT2D eigenvalue weighted by Crippen LogP contribution is -1.78. The van der Waals surface area contributed by atoms with Crippen LogP contribution >= 0.6 is 11.3 Å². The van der Waals surface area contributed by atoms with Crippen molar-refractivity contribution in [2.45, 2.75) is 0 Å². The van der Waals surface area contributed by atoms with Gasteiger partial charge in [-0.2, -0.15) is 0 Å². The average Bonchev–Trinajstić information content (AvgIpc) is 2.99. The van der Waals surface area contributed by atoms with Crippen LogP contribution in [0, 0.1) is 0 Å². The third-order valence-electron chi connectivity index (χ3n) is 4.62. The first-order valence-electron chi connectivity index (χ1n) is 7.74. The largest absolute Gasteiger partial charge is 0.135 e. The van der Waals surface area contributed by atoms with Gasteiger partial charge in [-0.05, 0) is 39.2 Å². The fourth-order valence-corrected chi connectivity index (χ4v) is 4.68. The minimum absolute atomic E-state index is 1.18. The summed E-state index contributed by atoms with van der Waals surface area (Å²) < 4.78 is 2.68. The van der Waals surface area contributed by atoms with E-state index in [-0.39, 0.29) is 0 Å². The van der Waals surface area contributed by atoms with E-state index in [0.717, 1.165) is 0 Å². The molecule has 0 N–H and O–H groups in total. The number of thiophene rings is 1. The lowest BCUT2D eigenvalue weighted by atomic mass is 9.98. The maximum Gasteiger partial charge on any atom is 0.0361 e. The fourth-order valence-electron chi connectivity index (χ4n) is 3.51. The molecule has 0 spiro atoms. The third kappa shape index (κ3) is 1.77. The van der Waals surface area contributed by atoms with Crippen molar-refractivity contribution < 1.29 is 0 Å². The number of hydrogen-bond acceptors (Lipinski definition) is 1. The molecule has 0 nitrogen and oxygen atoms in total. The first-order chi connectivity index (χ1) is 11.3. The lowest BCUT2D eigenvalue weighted by Gasteiger charge is -2.05. The van der Waals surface area contributed by atoms with Gasteiger partial charge >= 0.3 is 0 Å². The van der Waals surface area contributed by atoms with Gasteiger partial charge in [0.1, 0.15) is 0 Å². The molecule has 0 saturated carbocycles. The van der Waals surface area contributed by atoms with Crippen molar-refractivity contribution in [3.63, 3.8) is 0 Å². The minimum atomic E-state index is 1.18. The van der Waals surface area contributed by atoms with Gasteiger partial charge in [0.15, 0.2) is 0 Å². The Morgan fingerprint density at radius 1 is 0.696 bits per heavy atom. The van der Waals surface area contributed by atoms with Crippen LogP contribution in [0.4, 0.5) is 0 Å². The molecule has 0 radical (unpaired) electrons. The molecular weight excluding hydrogens is 296 g/mol. The summed E-state index contributed by atoms with van der Waals surface area (Å²) in [6, 6.07) is 24.3. The Morgan fingerprint density at radius 3 is 2.43 bits per heavy atom. The Kier molecular flexibility index (Phi) is 2.61. The summed E-state index contributed by atoms with van der Waals surface area (Å²) >= 11 is 1.86. The molecule has 0 aliphatic rings. The zero-order chi connectivity index (χ0) is 15.4. The normalized spacial score (nSPS) is 11.7. The first-order valence-corrected chi connectivity index (χ1v) is 8.56. The Morgan fingerprint density at radius 2 is 1.52 bits per heavy atom. The Labute approximate surface area is 138 Å². The molecule has 0 aliphatic heterocycles. The van der Waals surface area contributed by atoms with Crippen molar-refractivity contribution in [2.24, 2.45) is 0 Å². The van der Waals surface area contributed by atoms with Crippen LogP contribution in [0.1, 0.15) is 5.56 Å². The average molecular weight is 310 g/mol. The van der Waals surface area contributed by atoms with Gasteiger partial charge in [0.2, 0.25) is 0 Å². The predicted octanol–water partition coefficient (Wildman–Crippen LogP) is 7.00. The summed E-state index contributed by atoms with van der Waals surface area (Å²) in [4.78, 5) is 0. The summed E-state index contributed by atoms with van der Waals surface area (Å²) in [7, 11) is 0. The van der Waals surface area contributed by atoms with Crippen molar-refractivity contribution in [1.29, 1.82) is 0 Å². The van der Waals surface area contributed by atoms with Crippen LogP contribution in [-0.4, -0.2) is 0 Å². The topological polar surface area (TPSA) is 0 Å². The summed E-state index contributed by atoms with van der Waals surface area (Å²) in [5.41, 5.74) is 1.18. The maximum absolute atomic E-state index is 3.88. The SMILES string of the molecule is C=Cc1ccc2c(c1)sc1ccc3c4ccccc4ccc3c12. The highest BCUT2D eigenvalue weighted by molar-refractivity contribution is 7.26. The molecule has 0 amide bonds. The fraction of sp³-hybridized carbons (Fsp3) is 0. The van der Waals surface area contributed by atoms with Gasteiger partial charge in [-0.25, -0.2) is 0 Å². The van der Waals surface area contributed by atoms with E-state index < -0.39 is 0 Å². The van der Waals surface area contributed by atoms with Gasteiger partial charge in [-0.1, -0.05) is 67.3 Å². The summed E-state index contributed by atoms with van der Waals surface area (Å²) in [5.74, 6) is 0. The van der Waals surface area contributed by atoms with Crippen molar-refractivity contribution in [3.8, 4) is 0 Å². The van der Waals surface area contributed by atoms with Crippen LogP contribution in [0.15, 0.2) is 73.3 Å². The number of fused-ring (bicyclic) bond motifs is 7. The van der Waals surface area contributed by atoms with E-state index in [2.05, 4.69) is 73.3 Å². The Hall–Kier alpha value is -2.64. The zero-order valence-electron chi connectivity index (χ0n) is 12.5. The van der Waals surface area contributed by atoms with Gasteiger partial charge in [0.25, 0.3) is 0 Å². The number of benzene rings is 4. The van der Waals surface area contributed by atoms with Crippen LogP contribution in [0.3, 0.4) is 0 Å². The van der Waals surface area contributed by atoms with Gasteiger partial charge in [-0.15, -0.1) is 11.3 Å². The standard InChI is InChI=1S/C22H14S/c1-2-14-7-9-19-21(13-14)23-20-12-11-17-16-6-4-3-5-15(16)8-10-18(17)22(19)20/h2-13H,1H2. The Balaban J connectivity index is 2.02. The second-order valence-corrected chi connectivity index (χ2v) is 6.97. The lowest BCUT2D eigenvalue weighted by molar-refractivity contribution is 1.78. The molecule has 0 saturated heterocycles. The summed E-state index contributed by atoms with van der Waals surface area (Å²) in [6.07, 6.45) is 1.91. The first kappa shape index (κ1) is 12.9.